The maximum absolute atomic E-state index is 5.33. The molecule has 2 rings (SSSR count). The van der Waals surface area contributed by atoms with Crippen molar-refractivity contribution >= 4 is 11.3 Å². The topological polar surface area (TPSA) is 21.3 Å². The van der Waals surface area contributed by atoms with Gasteiger partial charge in [-0.05, 0) is 62.6 Å². The molecule has 0 aliphatic heterocycles. The summed E-state index contributed by atoms with van der Waals surface area (Å²) in [6, 6.07) is 11.1. The summed E-state index contributed by atoms with van der Waals surface area (Å²) in [5, 5.41) is 3.69. The third-order valence-corrected chi connectivity index (χ3v) is 4.65. The lowest BCUT2D eigenvalue weighted by molar-refractivity contribution is 0.413. The quantitative estimate of drug-likeness (QED) is 0.803. The third-order valence-electron chi connectivity index (χ3n) is 3.67. The summed E-state index contributed by atoms with van der Waals surface area (Å²) in [7, 11) is 1.72. The lowest BCUT2D eigenvalue weighted by atomic mass is 9.99. The molecule has 1 aromatic carbocycles. The highest BCUT2D eigenvalue weighted by atomic mass is 32.1. The van der Waals surface area contributed by atoms with Crippen molar-refractivity contribution < 1.29 is 4.74 Å². The van der Waals surface area contributed by atoms with E-state index in [1.54, 1.807) is 7.11 Å². The van der Waals surface area contributed by atoms with Gasteiger partial charge in [-0.15, -0.1) is 11.3 Å². The summed E-state index contributed by atoms with van der Waals surface area (Å²) >= 11 is 1.88. The molecule has 1 atom stereocenters. The summed E-state index contributed by atoms with van der Waals surface area (Å²) in [5.74, 6) is 0.931. The Bertz CT molecular complexity index is 576. The summed E-state index contributed by atoms with van der Waals surface area (Å²) < 4.78 is 5.33. The minimum atomic E-state index is 0.377. The van der Waals surface area contributed by atoms with Gasteiger partial charge in [-0.25, -0.2) is 0 Å². The fraction of sp³-hybridized carbons (Fsp3) is 0.444. The van der Waals surface area contributed by atoms with E-state index >= 15 is 0 Å². The van der Waals surface area contributed by atoms with Gasteiger partial charge in [0.1, 0.15) is 5.75 Å². The zero-order valence-corrected chi connectivity index (χ0v) is 14.2. The molecule has 0 radical (unpaired) electrons. The number of thiophene rings is 1. The number of benzene rings is 1. The number of hydrogen-bond acceptors (Lipinski definition) is 3. The SMILES string of the molecule is CCCNC(Cc1cccc(OC)c1)c1cc(C)sc1C. The molecule has 0 aliphatic carbocycles. The first-order chi connectivity index (χ1) is 10.1. The lowest BCUT2D eigenvalue weighted by Gasteiger charge is -2.19. The van der Waals surface area contributed by atoms with Crippen LogP contribution in [0.3, 0.4) is 0 Å². The zero-order valence-electron chi connectivity index (χ0n) is 13.4. The first-order valence-electron chi connectivity index (χ1n) is 7.57. The second-order valence-electron chi connectivity index (χ2n) is 5.43. The molecule has 3 heteroatoms. The van der Waals surface area contributed by atoms with Crippen molar-refractivity contribution in [3.05, 3.63) is 51.2 Å². The number of ether oxygens (including phenoxy) is 1. The molecule has 21 heavy (non-hydrogen) atoms. The molecule has 2 aromatic rings. The van der Waals surface area contributed by atoms with Gasteiger partial charge in [0.25, 0.3) is 0 Å². The van der Waals surface area contributed by atoms with Crippen LogP contribution < -0.4 is 10.1 Å². The van der Waals surface area contributed by atoms with E-state index in [9.17, 15) is 0 Å². The number of rotatable bonds is 7. The van der Waals surface area contributed by atoms with Crippen LogP contribution in [0.5, 0.6) is 5.75 Å². The van der Waals surface area contributed by atoms with Crippen LogP contribution in [0.1, 0.15) is 40.3 Å². The van der Waals surface area contributed by atoms with E-state index in [4.69, 9.17) is 4.74 Å². The highest BCUT2D eigenvalue weighted by Crippen LogP contribution is 2.29. The average Bonchev–Trinajstić information content (AvgIpc) is 2.82. The fourth-order valence-electron chi connectivity index (χ4n) is 2.64. The van der Waals surface area contributed by atoms with Crippen LogP contribution in [0.2, 0.25) is 0 Å². The Morgan fingerprint density at radius 2 is 2.05 bits per heavy atom. The minimum absolute atomic E-state index is 0.377. The van der Waals surface area contributed by atoms with Crippen molar-refractivity contribution in [1.82, 2.24) is 5.32 Å². The molecule has 0 amide bonds. The Kier molecular flexibility index (Phi) is 5.83. The second kappa shape index (κ2) is 7.62. The Hall–Kier alpha value is -1.32. The predicted octanol–water partition coefficient (Wildman–Crippen LogP) is 4.66. The maximum atomic E-state index is 5.33. The van der Waals surface area contributed by atoms with Crippen molar-refractivity contribution in [2.75, 3.05) is 13.7 Å². The number of aryl methyl sites for hydroxylation is 2. The molecule has 0 fully saturated rings. The van der Waals surface area contributed by atoms with E-state index in [0.717, 1.165) is 25.1 Å². The van der Waals surface area contributed by atoms with Gasteiger partial charge in [-0.1, -0.05) is 19.1 Å². The average molecular weight is 303 g/mol. The lowest BCUT2D eigenvalue weighted by Crippen LogP contribution is -2.24. The monoisotopic (exact) mass is 303 g/mol. The van der Waals surface area contributed by atoms with Gasteiger partial charge in [0.2, 0.25) is 0 Å². The van der Waals surface area contributed by atoms with Gasteiger partial charge in [-0.2, -0.15) is 0 Å². The van der Waals surface area contributed by atoms with Gasteiger partial charge < -0.3 is 10.1 Å². The van der Waals surface area contributed by atoms with Gasteiger partial charge in [0.15, 0.2) is 0 Å². The van der Waals surface area contributed by atoms with Gasteiger partial charge >= 0.3 is 0 Å². The molecular weight excluding hydrogens is 278 g/mol. The number of hydrogen-bond donors (Lipinski definition) is 1. The van der Waals surface area contributed by atoms with Crippen molar-refractivity contribution in [2.45, 2.75) is 39.7 Å². The molecule has 1 unspecified atom stereocenters. The van der Waals surface area contributed by atoms with E-state index in [2.05, 4.69) is 50.4 Å². The molecule has 0 bridgehead atoms. The Morgan fingerprint density at radius 3 is 2.67 bits per heavy atom. The summed E-state index contributed by atoms with van der Waals surface area (Å²) in [4.78, 5) is 2.81. The Balaban J connectivity index is 2.21. The van der Waals surface area contributed by atoms with Crippen LogP contribution in [0.4, 0.5) is 0 Å². The van der Waals surface area contributed by atoms with E-state index in [1.165, 1.54) is 20.9 Å². The fourth-order valence-corrected chi connectivity index (χ4v) is 3.63. The predicted molar refractivity (Wildman–Crippen MR) is 91.5 cm³/mol. The Morgan fingerprint density at radius 1 is 1.24 bits per heavy atom. The first-order valence-corrected chi connectivity index (χ1v) is 8.39. The summed E-state index contributed by atoms with van der Waals surface area (Å²) in [5.41, 5.74) is 2.75. The van der Waals surface area contributed by atoms with E-state index < -0.39 is 0 Å². The van der Waals surface area contributed by atoms with Crippen LogP contribution >= 0.6 is 11.3 Å². The largest absolute Gasteiger partial charge is 0.497 e. The molecule has 0 spiro atoms. The van der Waals surface area contributed by atoms with Crippen LogP contribution in [-0.4, -0.2) is 13.7 Å². The summed E-state index contributed by atoms with van der Waals surface area (Å²) in [6.07, 6.45) is 2.14. The van der Waals surface area contributed by atoms with Gasteiger partial charge in [0.05, 0.1) is 7.11 Å². The van der Waals surface area contributed by atoms with E-state index in [1.807, 2.05) is 17.4 Å². The zero-order chi connectivity index (χ0) is 15.2. The van der Waals surface area contributed by atoms with Crippen molar-refractivity contribution in [3.8, 4) is 5.75 Å². The van der Waals surface area contributed by atoms with Gasteiger partial charge in [-0.3, -0.25) is 0 Å². The standard InChI is InChI=1S/C18H25NOS/c1-5-9-19-18(17-10-13(2)21-14(17)3)12-15-7-6-8-16(11-15)20-4/h6-8,10-11,18-19H,5,9,12H2,1-4H3. The molecule has 2 nitrogen and oxygen atoms in total. The molecule has 0 aliphatic rings. The Labute approximate surface area is 132 Å². The highest BCUT2D eigenvalue weighted by molar-refractivity contribution is 7.12. The first kappa shape index (κ1) is 16.1. The highest BCUT2D eigenvalue weighted by Gasteiger charge is 2.16. The van der Waals surface area contributed by atoms with Crippen LogP contribution in [0, 0.1) is 13.8 Å². The smallest absolute Gasteiger partial charge is 0.119 e. The number of methoxy groups -OCH3 is 1. The molecule has 1 heterocycles. The molecule has 0 saturated heterocycles. The van der Waals surface area contributed by atoms with Crippen molar-refractivity contribution in [2.24, 2.45) is 0 Å². The second-order valence-corrected chi connectivity index (χ2v) is 6.89. The van der Waals surface area contributed by atoms with Crippen LogP contribution in [0.25, 0.3) is 0 Å². The molecule has 0 saturated carbocycles. The number of nitrogens with one attached hydrogen (secondary N) is 1. The van der Waals surface area contributed by atoms with E-state index in [0.29, 0.717) is 6.04 Å². The van der Waals surface area contributed by atoms with Crippen molar-refractivity contribution in [1.29, 1.82) is 0 Å². The molecule has 1 N–H and O–H groups in total. The molecule has 114 valence electrons. The third kappa shape index (κ3) is 4.32. The van der Waals surface area contributed by atoms with E-state index in [-0.39, 0.29) is 0 Å². The van der Waals surface area contributed by atoms with Crippen molar-refractivity contribution in [3.63, 3.8) is 0 Å². The van der Waals surface area contributed by atoms with Gasteiger partial charge in [0, 0.05) is 15.8 Å². The van der Waals surface area contributed by atoms with Crippen LogP contribution in [0.15, 0.2) is 30.3 Å². The molecule has 1 aromatic heterocycles. The summed E-state index contributed by atoms with van der Waals surface area (Å²) in [6.45, 7) is 7.66. The van der Waals surface area contributed by atoms with Crippen LogP contribution in [-0.2, 0) is 6.42 Å². The minimum Gasteiger partial charge on any atom is -0.497 e. The molecular formula is C18H25NOS. The maximum Gasteiger partial charge on any atom is 0.119 e. The normalized spacial score (nSPS) is 12.4.